The highest BCUT2D eigenvalue weighted by molar-refractivity contribution is 8.13. The summed E-state index contributed by atoms with van der Waals surface area (Å²) in [6.07, 6.45) is 3.29. The fourth-order valence-electron chi connectivity index (χ4n) is 3.43. The van der Waals surface area contributed by atoms with Crippen molar-refractivity contribution in [3.63, 3.8) is 0 Å². The van der Waals surface area contributed by atoms with E-state index in [1.807, 2.05) is 0 Å². The second-order valence-corrected chi connectivity index (χ2v) is 10.5. The van der Waals surface area contributed by atoms with E-state index in [2.05, 4.69) is 4.74 Å². The predicted octanol–water partition coefficient (Wildman–Crippen LogP) is 7.88. The Morgan fingerprint density at radius 2 is 1.81 bits per heavy atom. The quantitative estimate of drug-likeness (QED) is 0.104. The Morgan fingerprint density at radius 1 is 1.08 bits per heavy atom. The molecule has 6 nitrogen and oxygen atoms in total. The molecule has 0 aliphatic heterocycles. The summed E-state index contributed by atoms with van der Waals surface area (Å²) < 4.78 is 42.6. The van der Waals surface area contributed by atoms with Crippen molar-refractivity contribution < 1.29 is 32.5 Å². The summed E-state index contributed by atoms with van der Waals surface area (Å²) in [6, 6.07) is 11.0. The number of hydrogen-bond donors (Lipinski definition) is 0. The molecule has 0 saturated heterocycles. The normalized spacial score (nSPS) is 13.9. The molecule has 1 aliphatic rings. The Balaban J connectivity index is 1.64. The first-order valence-electron chi connectivity index (χ1n) is 11.1. The standard InChI is InChI=1S/C25H20Cl3F2NO5S/c26-16-2-1-3-17(9-16)37-25(32)36-22(10-18-19(27)11-31(33)12-20(18)28)15-6-7-21(35-24(29)30)23(8-15)34-13-14-4-5-14/h1-3,6-9,11-12,14,22,24H,4-5,10,13H2/t22-/m0/s1. The lowest BCUT2D eigenvalue weighted by molar-refractivity contribution is -0.605. The number of nitrogens with zero attached hydrogens (tertiary/aromatic N) is 1. The van der Waals surface area contributed by atoms with Crippen molar-refractivity contribution in [2.75, 3.05) is 6.61 Å². The fourth-order valence-corrected chi connectivity index (χ4v) is 4.97. The van der Waals surface area contributed by atoms with Crippen LogP contribution in [0, 0.1) is 11.1 Å². The number of hydrogen-bond acceptors (Lipinski definition) is 6. The molecule has 1 fully saturated rings. The molecule has 0 bridgehead atoms. The Hall–Kier alpha value is -2.46. The van der Waals surface area contributed by atoms with Gasteiger partial charge in [-0.1, -0.05) is 46.9 Å². The monoisotopic (exact) mass is 589 g/mol. The Labute approximate surface area is 231 Å². The van der Waals surface area contributed by atoms with E-state index in [0.29, 0.717) is 38.3 Å². The third-order valence-corrected chi connectivity index (χ3v) is 7.05. The summed E-state index contributed by atoms with van der Waals surface area (Å²) in [7, 11) is 0. The van der Waals surface area contributed by atoms with Crippen molar-refractivity contribution in [2.45, 2.75) is 36.9 Å². The predicted molar refractivity (Wildman–Crippen MR) is 137 cm³/mol. The van der Waals surface area contributed by atoms with E-state index in [0.717, 1.165) is 37.0 Å². The van der Waals surface area contributed by atoms with Gasteiger partial charge in [-0.25, -0.2) is 4.79 Å². The van der Waals surface area contributed by atoms with Crippen LogP contribution in [0.4, 0.5) is 13.6 Å². The molecular formula is C25H20Cl3F2NO5S. The van der Waals surface area contributed by atoms with Crippen LogP contribution in [0.25, 0.3) is 0 Å². The van der Waals surface area contributed by atoms with Crippen LogP contribution >= 0.6 is 46.6 Å². The SMILES string of the molecule is O=C(O[C@@H](Cc1c(Cl)c[n+]([O-])cc1Cl)c1ccc(OC(F)F)c(OCC2CC2)c1)Sc1cccc(Cl)c1. The molecule has 2 aromatic carbocycles. The zero-order valence-electron chi connectivity index (χ0n) is 19.0. The number of carbonyl (C=O) groups is 1. The molecule has 37 heavy (non-hydrogen) atoms. The number of pyridine rings is 1. The topological polar surface area (TPSA) is 71.7 Å². The van der Waals surface area contributed by atoms with Gasteiger partial charge in [0.15, 0.2) is 23.9 Å². The van der Waals surface area contributed by atoms with Gasteiger partial charge in [-0.3, -0.25) is 0 Å². The van der Waals surface area contributed by atoms with Crippen LogP contribution in [0.15, 0.2) is 59.8 Å². The van der Waals surface area contributed by atoms with Gasteiger partial charge in [-0.05, 0) is 66.4 Å². The van der Waals surface area contributed by atoms with Crippen LogP contribution in [0.2, 0.25) is 15.1 Å². The molecule has 0 amide bonds. The van der Waals surface area contributed by atoms with E-state index in [-0.39, 0.29) is 28.0 Å². The number of benzene rings is 2. The number of carbonyl (C=O) groups excluding carboxylic acids is 1. The second-order valence-electron chi connectivity index (χ2n) is 8.25. The fraction of sp³-hybridized carbons (Fsp3) is 0.280. The highest BCUT2D eigenvalue weighted by atomic mass is 35.5. The summed E-state index contributed by atoms with van der Waals surface area (Å²) in [5.74, 6) is 0.309. The largest absolute Gasteiger partial charge is 0.619 e. The second kappa shape index (κ2) is 12.4. The Kier molecular flexibility index (Phi) is 9.23. The molecular weight excluding hydrogens is 571 g/mol. The van der Waals surface area contributed by atoms with Gasteiger partial charge in [-0.2, -0.15) is 13.5 Å². The number of halogens is 5. The summed E-state index contributed by atoms with van der Waals surface area (Å²) in [4.78, 5) is 13.4. The molecule has 12 heteroatoms. The average Bonchev–Trinajstić information content (AvgIpc) is 3.64. The third kappa shape index (κ3) is 8.01. The molecule has 0 N–H and O–H groups in total. The van der Waals surface area contributed by atoms with E-state index >= 15 is 0 Å². The summed E-state index contributed by atoms with van der Waals surface area (Å²) in [6.45, 7) is -2.70. The van der Waals surface area contributed by atoms with Crippen LogP contribution in [0.1, 0.15) is 30.1 Å². The van der Waals surface area contributed by atoms with E-state index in [9.17, 15) is 18.8 Å². The van der Waals surface area contributed by atoms with Gasteiger partial charge in [0.25, 0.3) is 0 Å². The Bertz CT molecular complexity index is 1260. The molecule has 3 aromatic rings. The molecule has 1 aromatic heterocycles. The van der Waals surface area contributed by atoms with E-state index in [1.54, 1.807) is 24.3 Å². The van der Waals surface area contributed by atoms with Crippen LogP contribution in [0.5, 0.6) is 11.5 Å². The highest BCUT2D eigenvalue weighted by Crippen LogP contribution is 2.38. The molecule has 1 atom stereocenters. The van der Waals surface area contributed by atoms with E-state index in [1.165, 1.54) is 18.2 Å². The number of alkyl halides is 2. The number of thioether (sulfide) groups is 1. The smallest absolute Gasteiger partial charge is 0.387 e. The van der Waals surface area contributed by atoms with Crippen molar-refractivity contribution in [2.24, 2.45) is 5.92 Å². The first-order chi connectivity index (χ1) is 17.7. The Morgan fingerprint density at radius 3 is 2.46 bits per heavy atom. The zero-order chi connectivity index (χ0) is 26.5. The highest BCUT2D eigenvalue weighted by Gasteiger charge is 2.26. The number of ether oxygens (including phenoxy) is 3. The summed E-state index contributed by atoms with van der Waals surface area (Å²) in [5.41, 5.74) is 0.799. The lowest BCUT2D eigenvalue weighted by atomic mass is 10.0. The van der Waals surface area contributed by atoms with Crippen molar-refractivity contribution in [1.82, 2.24) is 0 Å². The minimum absolute atomic E-state index is 0.00251. The van der Waals surface area contributed by atoms with Gasteiger partial charge in [-0.15, -0.1) is 0 Å². The molecule has 1 saturated carbocycles. The van der Waals surface area contributed by atoms with Crippen LogP contribution in [0.3, 0.4) is 0 Å². The van der Waals surface area contributed by atoms with Gasteiger partial charge in [0.2, 0.25) is 0 Å². The molecule has 1 heterocycles. The maximum atomic E-state index is 13.0. The zero-order valence-corrected chi connectivity index (χ0v) is 22.1. The molecule has 0 unspecified atom stereocenters. The maximum Gasteiger partial charge on any atom is 0.387 e. The minimum atomic E-state index is -3.04. The van der Waals surface area contributed by atoms with E-state index < -0.39 is 18.0 Å². The number of rotatable bonds is 10. The molecule has 4 rings (SSSR count). The number of aromatic nitrogens is 1. The van der Waals surface area contributed by atoms with Crippen molar-refractivity contribution in [3.05, 3.63) is 86.3 Å². The minimum Gasteiger partial charge on any atom is -0.619 e. The van der Waals surface area contributed by atoms with Gasteiger partial charge >= 0.3 is 11.9 Å². The van der Waals surface area contributed by atoms with Gasteiger partial charge in [0.05, 0.1) is 6.61 Å². The molecule has 0 radical (unpaired) electrons. The third-order valence-electron chi connectivity index (χ3n) is 5.41. The van der Waals surface area contributed by atoms with Crippen molar-refractivity contribution >= 4 is 51.9 Å². The molecule has 1 aliphatic carbocycles. The van der Waals surface area contributed by atoms with Crippen molar-refractivity contribution in [1.29, 1.82) is 0 Å². The van der Waals surface area contributed by atoms with Gasteiger partial charge in [0.1, 0.15) is 16.1 Å². The van der Waals surface area contributed by atoms with Gasteiger partial charge < -0.3 is 19.4 Å². The van der Waals surface area contributed by atoms with Crippen LogP contribution in [-0.2, 0) is 11.2 Å². The molecule has 0 spiro atoms. The summed E-state index contributed by atoms with van der Waals surface area (Å²) in [5, 5.41) is 11.6. The van der Waals surface area contributed by atoms with Crippen molar-refractivity contribution in [3.8, 4) is 11.5 Å². The first-order valence-corrected chi connectivity index (χ1v) is 13.0. The van der Waals surface area contributed by atoms with Gasteiger partial charge in [0, 0.05) is 21.9 Å². The van der Waals surface area contributed by atoms with E-state index in [4.69, 9.17) is 44.3 Å². The lowest BCUT2D eigenvalue weighted by Gasteiger charge is -2.21. The maximum absolute atomic E-state index is 13.0. The first kappa shape index (κ1) is 27.6. The summed E-state index contributed by atoms with van der Waals surface area (Å²) >= 11 is 19.4. The molecule has 196 valence electrons. The van der Waals surface area contributed by atoms with Crippen LogP contribution in [-0.4, -0.2) is 18.5 Å². The average molecular weight is 591 g/mol. The van der Waals surface area contributed by atoms with Crippen LogP contribution < -0.4 is 14.2 Å². The lowest BCUT2D eigenvalue weighted by Crippen LogP contribution is -2.25.